The number of likely N-dealkylation sites (tertiary alicyclic amines) is 1. The van der Waals surface area contributed by atoms with Gasteiger partial charge in [0.05, 0.1) is 10.1 Å². The zero-order chi connectivity index (χ0) is 16.5. The van der Waals surface area contributed by atoms with Crippen LogP contribution in [0.15, 0.2) is 29.2 Å². The SMILES string of the molecule is CC(C)(C)OC(=O)N1CCC(S(=O)(=O)c2ccc(F)cc2)C1. The molecule has 1 aliphatic rings. The van der Waals surface area contributed by atoms with Crippen LogP contribution >= 0.6 is 0 Å². The molecule has 1 unspecified atom stereocenters. The number of halogens is 1. The normalized spacial score (nSPS) is 19.3. The Morgan fingerprint density at radius 2 is 1.86 bits per heavy atom. The van der Waals surface area contributed by atoms with E-state index in [2.05, 4.69) is 0 Å². The summed E-state index contributed by atoms with van der Waals surface area (Å²) in [4.78, 5) is 13.4. The Labute approximate surface area is 130 Å². The summed E-state index contributed by atoms with van der Waals surface area (Å²) in [5, 5.41) is -0.689. The van der Waals surface area contributed by atoms with E-state index in [1.54, 1.807) is 20.8 Å². The summed E-state index contributed by atoms with van der Waals surface area (Å²) >= 11 is 0. The first-order valence-corrected chi connectivity index (χ1v) is 8.61. The van der Waals surface area contributed by atoms with E-state index >= 15 is 0 Å². The highest BCUT2D eigenvalue weighted by Gasteiger charge is 2.37. The van der Waals surface area contributed by atoms with Crippen LogP contribution in [0.25, 0.3) is 0 Å². The maximum Gasteiger partial charge on any atom is 0.410 e. The Balaban J connectivity index is 2.09. The van der Waals surface area contributed by atoms with Gasteiger partial charge in [0.25, 0.3) is 0 Å². The van der Waals surface area contributed by atoms with Crippen molar-refractivity contribution in [3.05, 3.63) is 30.1 Å². The minimum Gasteiger partial charge on any atom is -0.444 e. The smallest absolute Gasteiger partial charge is 0.410 e. The van der Waals surface area contributed by atoms with Crippen LogP contribution in [0.4, 0.5) is 9.18 Å². The van der Waals surface area contributed by atoms with E-state index in [-0.39, 0.29) is 11.4 Å². The Morgan fingerprint density at radius 1 is 1.27 bits per heavy atom. The third kappa shape index (κ3) is 3.76. The zero-order valence-corrected chi connectivity index (χ0v) is 13.7. The lowest BCUT2D eigenvalue weighted by atomic mass is 10.2. The minimum atomic E-state index is -3.58. The van der Waals surface area contributed by atoms with Gasteiger partial charge in [-0.15, -0.1) is 0 Å². The number of nitrogens with zero attached hydrogens (tertiary/aromatic N) is 1. The predicted molar refractivity (Wildman–Crippen MR) is 79.8 cm³/mol. The van der Waals surface area contributed by atoms with Crippen molar-refractivity contribution < 1.29 is 22.3 Å². The topological polar surface area (TPSA) is 63.7 Å². The van der Waals surface area contributed by atoms with Gasteiger partial charge in [-0.3, -0.25) is 0 Å². The van der Waals surface area contributed by atoms with Crippen molar-refractivity contribution >= 4 is 15.9 Å². The van der Waals surface area contributed by atoms with Gasteiger partial charge in [0.15, 0.2) is 9.84 Å². The van der Waals surface area contributed by atoms with E-state index < -0.39 is 32.6 Å². The number of amides is 1. The number of carbonyl (C=O) groups is 1. The number of benzene rings is 1. The van der Waals surface area contributed by atoms with Gasteiger partial charge in [-0.05, 0) is 51.5 Å². The molecule has 0 N–H and O–H groups in total. The second-order valence-electron chi connectivity index (χ2n) is 6.34. The van der Waals surface area contributed by atoms with Crippen LogP contribution in [0, 0.1) is 5.82 Å². The molecule has 1 atom stereocenters. The van der Waals surface area contributed by atoms with Crippen LogP contribution in [0.2, 0.25) is 0 Å². The minimum absolute atomic E-state index is 0.0740. The molecule has 2 rings (SSSR count). The number of hydrogen-bond donors (Lipinski definition) is 0. The van der Waals surface area contributed by atoms with Gasteiger partial charge in [0, 0.05) is 13.1 Å². The molecule has 7 heteroatoms. The molecule has 1 amide bonds. The van der Waals surface area contributed by atoms with Crippen molar-refractivity contribution in [1.29, 1.82) is 0 Å². The summed E-state index contributed by atoms with van der Waals surface area (Å²) in [5.41, 5.74) is -0.620. The highest BCUT2D eigenvalue weighted by Crippen LogP contribution is 2.25. The lowest BCUT2D eigenvalue weighted by Crippen LogP contribution is -2.36. The quantitative estimate of drug-likeness (QED) is 0.783. The van der Waals surface area contributed by atoms with Crippen LogP contribution in [0.3, 0.4) is 0 Å². The molecule has 1 aliphatic heterocycles. The van der Waals surface area contributed by atoms with Gasteiger partial charge in [0.1, 0.15) is 11.4 Å². The van der Waals surface area contributed by atoms with Crippen LogP contribution in [-0.2, 0) is 14.6 Å². The number of rotatable bonds is 2. The Kier molecular flexibility index (Phi) is 4.47. The van der Waals surface area contributed by atoms with Crippen LogP contribution < -0.4 is 0 Å². The van der Waals surface area contributed by atoms with Gasteiger partial charge in [-0.1, -0.05) is 0 Å². The summed E-state index contributed by atoms with van der Waals surface area (Å²) in [6, 6.07) is 4.74. The molecule has 5 nitrogen and oxygen atoms in total. The summed E-state index contributed by atoms with van der Waals surface area (Å²) in [5.74, 6) is -0.485. The molecule has 1 aromatic carbocycles. The molecule has 0 bridgehead atoms. The predicted octanol–water partition coefficient (Wildman–Crippen LogP) is 2.61. The summed E-state index contributed by atoms with van der Waals surface area (Å²) < 4.78 is 43.2. The largest absolute Gasteiger partial charge is 0.444 e. The lowest BCUT2D eigenvalue weighted by Gasteiger charge is -2.24. The van der Waals surface area contributed by atoms with E-state index in [1.165, 1.54) is 17.0 Å². The first kappa shape index (κ1) is 16.7. The standard InChI is InChI=1S/C15H20FNO4S/c1-15(2,3)21-14(18)17-9-8-13(10-17)22(19,20)12-6-4-11(16)5-7-12/h4-7,13H,8-10H2,1-3H3. The fourth-order valence-electron chi connectivity index (χ4n) is 2.29. The van der Waals surface area contributed by atoms with E-state index in [9.17, 15) is 17.6 Å². The molecule has 122 valence electrons. The van der Waals surface area contributed by atoms with Gasteiger partial charge in [0.2, 0.25) is 0 Å². The van der Waals surface area contributed by atoms with Gasteiger partial charge >= 0.3 is 6.09 Å². The molecular formula is C15H20FNO4S. The van der Waals surface area contributed by atoms with Crippen molar-refractivity contribution in [3.8, 4) is 0 Å². The van der Waals surface area contributed by atoms with Crippen LogP contribution in [0.1, 0.15) is 27.2 Å². The maximum atomic E-state index is 12.9. The van der Waals surface area contributed by atoms with Gasteiger partial charge in [-0.25, -0.2) is 17.6 Å². The Bertz CT molecular complexity index is 649. The first-order chi connectivity index (χ1) is 10.1. The average Bonchev–Trinajstić information content (AvgIpc) is 2.87. The van der Waals surface area contributed by atoms with Crippen LogP contribution in [0.5, 0.6) is 0 Å². The first-order valence-electron chi connectivity index (χ1n) is 7.07. The van der Waals surface area contributed by atoms with Crippen molar-refractivity contribution in [2.75, 3.05) is 13.1 Å². The van der Waals surface area contributed by atoms with Crippen LogP contribution in [-0.4, -0.2) is 43.4 Å². The van der Waals surface area contributed by atoms with E-state index in [1.807, 2.05) is 0 Å². The second kappa shape index (κ2) is 5.87. The van der Waals surface area contributed by atoms with E-state index in [0.717, 1.165) is 12.1 Å². The molecule has 1 heterocycles. The van der Waals surface area contributed by atoms with Gasteiger partial charge < -0.3 is 9.64 Å². The molecule has 22 heavy (non-hydrogen) atoms. The summed E-state index contributed by atoms with van der Waals surface area (Å²) in [7, 11) is -3.58. The molecule has 0 radical (unpaired) electrons. The van der Waals surface area contributed by atoms with Crippen molar-refractivity contribution in [3.63, 3.8) is 0 Å². The van der Waals surface area contributed by atoms with E-state index in [0.29, 0.717) is 13.0 Å². The van der Waals surface area contributed by atoms with Crippen molar-refractivity contribution in [1.82, 2.24) is 4.90 Å². The number of hydrogen-bond acceptors (Lipinski definition) is 4. The maximum absolute atomic E-state index is 12.9. The zero-order valence-electron chi connectivity index (χ0n) is 12.9. The molecule has 0 aliphatic carbocycles. The lowest BCUT2D eigenvalue weighted by molar-refractivity contribution is 0.0295. The monoisotopic (exact) mass is 329 g/mol. The molecule has 0 spiro atoms. The Hall–Kier alpha value is -1.63. The Morgan fingerprint density at radius 3 is 2.41 bits per heavy atom. The van der Waals surface area contributed by atoms with Gasteiger partial charge in [-0.2, -0.15) is 0 Å². The molecule has 1 fully saturated rings. The number of ether oxygens (including phenoxy) is 1. The fraction of sp³-hybridized carbons (Fsp3) is 0.533. The molecule has 1 saturated heterocycles. The second-order valence-corrected chi connectivity index (χ2v) is 8.56. The molecule has 0 aromatic heterocycles. The average molecular weight is 329 g/mol. The summed E-state index contributed by atoms with van der Waals surface area (Å²) in [6.45, 7) is 5.70. The summed E-state index contributed by atoms with van der Waals surface area (Å²) in [6.07, 6.45) is -0.164. The van der Waals surface area contributed by atoms with E-state index in [4.69, 9.17) is 4.74 Å². The molecule has 1 aromatic rings. The fourth-order valence-corrected chi connectivity index (χ4v) is 3.98. The molecular weight excluding hydrogens is 309 g/mol. The third-order valence-corrected chi connectivity index (χ3v) is 5.57. The highest BCUT2D eigenvalue weighted by atomic mass is 32.2. The number of carbonyl (C=O) groups excluding carboxylic acids is 1. The number of sulfone groups is 1. The highest BCUT2D eigenvalue weighted by molar-refractivity contribution is 7.92. The van der Waals surface area contributed by atoms with Crippen molar-refractivity contribution in [2.45, 2.75) is 42.9 Å². The third-order valence-electron chi connectivity index (χ3n) is 3.38. The molecule has 0 saturated carbocycles. The van der Waals surface area contributed by atoms with Crippen molar-refractivity contribution in [2.24, 2.45) is 0 Å².